The van der Waals surface area contributed by atoms with Crippen LogP contribution in [0.15, 0.2) is 65.8 Å². The van der Waals surface area contributed by atoms with Gasteiger partial charge in [0.25, 0.3) is 0 Å². The molecule has 0 atom stereocenters. The first-order valence-electron chi connectivity index (χ1n) is 7.89. The number of hydrogen-bond acceptors (Lipinski definition) is 2. The largest absolute Gasteiger partial charge is 0.236 e. The van der Waals surface area contributed by atoms with Crippen LogP contribution >= 0.6 is 11.6 Å². The summed E-state index contributed by atoms with van der Waals surface area (Å²) in [4.78, 5) is 9.13. The van der Waals surface area contributed by atoms with Crippen molar-refractivity contribution in [2.45, 2.75) is 20.8 Å². The predicted molar refractivity (Wildman–Crippen MR) is 104 cm³/mol. The SMILES string of the molecule is CC(/C=C(/Cl)c1ccccc1C)=N\c1ncc2ccccc2c1C. The molecule has 3 heteroatoms. The van der Waals surface area contributed by atoms with Crippen molar-refractivity contribution >= 4 is 38.9 Å². The van der Waals surface area contributed by atoms with E-state index in [1.54, 1.807) is 0 Å². The van der Waals surface area contributed by atoms with Crippen LogP contribution in [0.4, 0.5) is 5.82 Å². The van der Waals surface area contributed by atoms with Gasteiger partial charge in [-0.3, -0.25) is 0 Å². The van der Waals surface area contributed by atoms with Gasteiger partial charge in [0.1, 0.15) is 0 Å². The lowest BCUT2D eigenvalue weighted by Gasteiger charge is -2.06. The fraction of sp³-hybridized carbons (Fsp3) is 0.143. The minimum atomic E-state index is 0.688. The van der Waals surface area contributed by atoms with Crippen LogP contribution in [0.3, 0.4) is 0 Å². The highest BCUT2D eigenvalue weighted by Crippen LogP contribution is 2.26. The minimum absolute atomic E-state index is 0.688. The number of allylic oxidation sites excluding steroid dienone is 1. The number of fused-ring (bicyclic) bond motifs is 1. The maximum Gasteiger partial charge on any atom is 0.155 e. The number of nitrogens with zero attached hydrogens (tertiary/aromatic N) is 2. The molecule has 0 fully saturated rings. The van der Waals surface area contributed by atoms with Crippen LogP contribution in [0.25, 0.3) is 15.8 Å². The number of aryl methyl sites for hydroxylation is 2. The van der Waals surface area contributed by atoms with Gasteiger partial charge in [-0.1, -0.05) is 60.1 Å². The van der Waals surface area contributed by atoms with E-state index in [1.165, 1.54) is 5.39 Å². The molecule has 0 unspecified atom stereocenters. The maximum atomic E-state index is 6.47. The number of benzene rings is 2. The average Bonchev–Trinajstić information content (AvgIpc) is 2.58. The lowest BCUT2D eigenvalue weighted by Crippen LogP contribution is -1.91. The molecule has 0 aliphatic heterocycles. The zero-order valence-electron chi connectivity index (χ0n) is 14.0. The maximum absolute atomic E-state index is 6.47. The summed E-state index contributed by atoms with van der Waals surface area (Å²) in [5, 5.41) is 2.99. The van der Waals surface area contributed by atoms with Crippen molar-refractivity contribution in [1.82, 2.24) is 4.98 Å². The molecular weight excluding hydrogens is 316 g/mol. The summed E-state index contributed by atoms with van der Waals surface area (Å²) in [7, 11) is 0. The van der Waals surface area contributed by atoms with Gasteiger partial charge in [0, 0.05) is 27.9 Å². The molecule has 1 heterocycles. The Morgan fingerprint density at radius 1 is 1.04 bits per heavy atom. The van der Waals surface area contributed by atoms with Crippen molar-refractivity contribution in [3.8, 4) is 0 Å². The third-order valence-corrected chi connectivity index (χ3v) is 4.36. The van der Waals surface area contributed by atoms with Crippen molar-refractivity contribution in [1.29, 1.82) is 0 Å². The van der Waals surface area contributed by atoms with Gasteiger partial charge >= 0.3 is 0 Å². The number of aromatic nitrogens is 1. The van der Waals surface area contributed by atoms with Crippen molar-refractivity contribution < 1.29 is 0 Å². The van der Waals surface area contributed by atoms with Crippen LogP contribution in [0.5, 0.6) is 0 Å². The topological polar surface area (TPSA) is 25.2 Å². The zero-order chi connectivity index (χ0) is 17.1. The van der Waals surface area contributed by atoms with Gasteiger partial charge in [-0.15, -0.1) is 0 Å². The van der Waals surface area contributed by atoms with E-state index in [0.717, 1.165) is 33.6 Å². The molecule has 0 radical (unpaired) electrons. The van der Waals surface area contributed by atoms with E-state index in [9.17, 15) is 0 Å². The summed E-state index contributed by atoms with van der Waals surface area (Å²) < 4.78 is 0. The summed E-state index contributed by atoms with van der Waals surface area (Å²) in [6.45, 7) is 6.04. The number of pyridine rings is 1. The lowest BCUT2D eigenvalue weighted by molar-refractivity contribution is 1.25. The smallest absolute Gasteiger partial charge is 0.155 e. The highest BCUT2D eigenvalue weighted by Gasteiger charge is 2.05. The van der Waals surface area contributed by atoms with Gasteiger partial charge in [-0.05, 0) is 43.4 Å². The molecule has 0 aliphatic rings. The lowest BCUT2D eigenvalue weighted by atomic mass is 10.1. The summed E-state index contributed by atoms with van der Waals surface area (Å²) in [6.07, 6.45) is 3.75. The zero-order valence-corrected chi connectivity index (χ0v) is 14.8. The molecule has 120 valence electrons. The Kier molecular flexibility index (Phi) is 4.77. The molecule has 0 aliphatic carbocycles. The minimum Gasteiger partial charge on any atom is -0.236 e. The highest BCUT2D eigenvalue weighted by molar-refractivity contribution is 6.50. The number of rotatable bonds is 3. The summed E-state index contributed by atoms with van der Waals surface area (Å²) in [5.41, 5.74) is 4.07. The van der Waals surface area contributed by atoms with Gasteiger partial charge in [-0.2, -0.15) is 0 Å². The highest BCUT2D eigenvalue weighted by atomic mass is 35.5. The normalized spacial score (nSPS) is 12.7. The molecule has 0 saturated carbocycles. The molecule has 2 aromatic carbocycles. The molecule has 0 saturated heterocycles. The molecule has 0 amide bonds. The Labute approximate surface area is 147 Å². The van der Waals surface area contributed by atoms with Crippen LogP contribution in [0, 0.1) is 13.8 Å². The number of hydrogen-bond donors (Lipinski definition) is 0. The van der Waals surface area contributed by atoms with E-state index in [0.29, 0.717) is 5.03 Å². The Hall–Kier alpha value is -2.45. The van der Waals surface area contributed by atoms with E-state index in [-0.39, 0.29) is 0 Å². The fourth-order valence-electron chi connectivity index (χ4n) is 2.71. The molecule has 0 spiro atoms. The van der Waals surface area contributed by atoms with Crippen LogP contribution in [0.1, 0.15) is 23.6 Å². The van der Waals surface area contributed by atoms with Gasteiger partial charge < -0.3 is 0 Å². The van der Waals surface area contributed by atoms with Crippen molar-refractivity contribution in [2.24, 2.45) is 4.99 Å². The summed E-state index contributed by atoms with van der Waals surface area (Å²) >= 11 is 6.47. The second-order valence-corrected chi connectivity index (χ2v) is 6.26. The molecule has 3 aromatic rings. The van der Waals surface area contributed by atoms with Gasteiger partial charge in [0.2, 0.25) is 0 Å². The molecule has 0 N–H and O–H groups in total. The molecular formula is C21H19ClN2. The molecule has 24 heavy (non-hydrogen) atoms. The quantitative estimate of drug-likeness (QED) is 0.521. The van der Waals surface area contributed by atoms with Crippen LogP contribution in [-0.4, -0.2) is 10.7 Å². The second kappa shape index (κ2) is 6.98. The van der Waals surface area contributed by atoms with E-state index in [2.05, 4.69) is 22.1 Å². The summed E-state index contributed by atoms with van der Waals surface area (Å²) in [6, 6.07) is 16.3. The predicted octanol–water partition coefficient (Wildman–Crippen LogP) is 6.22. The molecule has 1 aromatic heterocycles. The Morgan fingerprint density at radius 3 is 2.54 bits per heavy atom. The van der Waals surface area contributed by atoms with Crippen molar-refractivity contribution in [2.75, 3.05) is 0 Å². The molecule has 0 bridgehead atoms. The van der Waals surface area contributed by atoms with Gasteiger partial charge in [-0.25, -0.2) is 9.98 Å². The number of halogens is 1. The van der Waals surface area contributed by atoms with Crippen molar-refractivity contribution in [3.63, 3.8) is 0 Å². The Morgan fingerprint density at radius 2 is 1.75 bits per heavy atom. The second-order valence-electron chi connectivity index (χ2n) is 5.85. The Balaban J connectivity index is 1.98. The monoisotopic (exact) mass is 334 g/mol. The van der Waals surface area contributed by atoms with E-state index < -0.39 is 0 Å². The van der Waals surface area contributed by atoms with Crippen LogP contribution < -0.4 is 0 Å². The van der Waals surface area contributed by atoms with Crippen LogP contribution in [-0.2, 0) is 0 Å². The third kappa shape index (κ3) is 3.39. The van der Waals surface area contributed by atoms with Crippen molar-refractivity contribution in [3.05, 3.63) is 77.5 Å². The van der Waals surface area contributed by atoms with E-state index >= 15 is 0 Å². The first-order chi connectivity index (χ1) is 11.6. The fourth-order valence-corrected chi connectivity index (χ4v) is 3.08. The number of aliphatic imine (C=N–C) groups is 1. The standard InChI is InChI=1S/C21H19ClN2/c1-14-8-4-6-10-18(14)20(22)12-15(2)24-21-16(3)19-11-7-5-9-17(19)13-23-21/h4-13H,1-3H3/b20-12+,24-15+. The van der Waals surface area contributed by atoms with E-state index in [4.69, 9.17) is 11.6 Å². The van der Waals surface area contributed by atoms with E-state index in [1.807, 2.05) is 69.4 Å². The van der Waals surface area contributed by atoms with Gasteiger partial charge in [0.15, 0.2) is 5.82 Å². The van der Waals surface area contributed by atoms with Crippen LogP contribution in [0.2, 0.25) is 0 Å². The molecule has 2 nitrogen and oxygen atoms in total. The first kappa shape index (κ1) is 16.4. The molecule has 3 rings (SSSR count). The first-order valence-corrected chi connectivity index (χ1v) is 8.27. The van der Waals surface area contributed by atoms with Gasteiger partial charge in [0.05, 0.1) is 0 Å². The Bertz CT molecular complexity index is 955. The third-order valence-electron chi connectivity index (χ3n) is 4.05. The summed E-state index contributed by atoms with van der Waals surface area (Å²) in [5.74, 6) is 0.733. The average molecular weight is 335 g/mol.